The van der Waals surface area contributed by atoms with Gasteiger partial charge in [-0.1, -0.05) is 12.1 Å². The number of thiophene rings is 1. The maximum absolute atomic E-state index is 13.5. The molecule has 5 rings (SSSR count). The molecule has 1 atom stereocenters. The Morgan fingerprint density at radius 3 is 2.19 bits per heavy atom. The molecule has 190 valence electrons. The molecule has 1 aliphatic heterocycles. The quantitative estimate of drug-likeness (QED) is 0.210. The van der Waals surface area contributed by atoms with Gasteiger partial charge in [0.15, 0.2) is 11.5 Å². The van der Waals surface area contributed by atoms with Crippen molar-refractivity contribution in [1.29, 1.82) is 0 Å². The van der Waals surface area contributed by atoms with E-state index in [2.05, 4.69) is 9.97 Å². The maximum Gasteiger partial charge on any atom is 0.302 e. The van der Waals surface area contributed by atoms with Crippen LogP contribution < -0.4 is 23.8 Å². The zero-order valence-electron chi connectivity index (χ0n) is 20.4. The molecule has 0 spiro atoms. The van der Waals surface area contributed by atoms with Crippen LogP contribution in [0, 0.1) is 0 Å². The predicted octanol–water partition coefficient (Wildman–Crippen LogP) is 4.29. The van der Waals surface area contributed by atoms with Crippen molar-refractivity contribution in [3.8, 4) is 23.0 Å². The van der Waals surface area contributed by atoms with Gasteiger partial charge in [0, 0.05) is 17.0 Å². The number of aliphatic hydroxyl groups excluding tert-OH is 1. The molecule has 2 aromatic carbocycles. The molecule has 0 radical (unpaired) electrons. The highest BCUT2D eigenvalue weighted by atomic mass is 32.1. The predicted molar refractivity (Wildman–Crippen MR) is 138 cm³/mol. The van der Waals surface area contributed by atoms with E-state index in [1.807, 2.05) is 5.38 Å². The summed E-state index contributed by atoms with van der Waals surface area (Å²) < 4.78 is 21.6. The SMILES string of the molecule is COc1cc2nc(N3C(=O)C(=O)/C(=C(/O)c4c(OC)cccc4OC)C3c3cccs3)[nH]c2cc1OC. The summed E-state index contributed by atoms with van der Waals surface area (Å²) in [6.45, 7) is 0. The summed E-state index contributed by atoms with van der Waals surface area (Å²) >= 11 is 1.34. The highest BCUT2D eigenvalue weighted by Crippen LogP contribution is 2.46. The highest BCUT2D eigenvalue weighted by molar-refractivity contribution is 7.10. The van der Waals surface area contributed by atoms with Crippen molar-refractivity contribution in [2.45, 2.75) is 6.04 Å². The van der Waals surface area contributed by atoms with Crippen LogP contribution in [0.5, 0.6) is 23.0 Å². The second-order valence-electron chi connectivity index (χ2n) is 8.01. The van der Waals surface area contributed by atoms with Gasteiger partial charge >= 0.3 is 5.91 Å². The number of nitrogens with zero attached hydrogens (tertiary/aromatic N) is 2. The first-order valence-corrected chi connectivity index (χ1v) is 12.0. The molecule has 3 heterocycles. The number of aromatic amines is 1. The van der Waals surface area contributed by atoms with Crippen LogP contribution in [-0.2, 0) is 9.59 Å². The van der Waals surface area contributed by atoms with Gasteiger partial charge in [-0.25, -0.2) is 4.98 Å². The summed E-state index contributed by atoms with van der Waals surface area (Å²) in [5, 5.41) is 13.3. The Bertz CT molecular complexity index is 1480. The van der Waals surface area contributed by atoms with E-state index >= 15 is 0 Å². The number of hydrogen-bond acceptors (Lipinski definition) is 9. The number of H-pyrrole nitrogens is 1. The van der Waals surface area contributed by atoms with Crippen molar-refractivity contribution < 1.29 is 33.6 Å². The lowest BCUT2D eigenvalue weighted by Crippen LogP contribution is -2.30. The number of amides is 1. The zero-order valence-corrected chi connectivity index (χ0v) is 21.2. The summed E-state index contributed by atoms with van der Waals surface area (Å²) in [6.07, 6.45) is 0. The molecular formula is C26H23N3O7S. The Kier molecular flexibility index (Phi) is 6.22. The van der Waals surface area contributed by atoms with E-state index in [1.54, 1.807) is 42.5 Å². The minimum Gasteiger partial charge on any atom is -0.506 e. The van der Waals surface area contributed by atoms with E-state index in [9.17, 15) is 14.7 Å². The van der Waals surface area contributed by atoms with Gasteiger partial charge in [-0.15, -0.1) is 11.3 Å². The fourth-order valence-corrected chi connectivity index (χ4v) is 5.25. The second-order valence-corrected chi connectivity index (χ2v) is 8.99. The van der Waals surface area contributed by atoms with Gasteiger partial charge in [0.05, 0.1) is 45.0 Å². The molecule has 1 saturated heterocycles. The Labute approximate surface area is 215 Å². The number of aliphatic hydroxyl groups is 1. The standard InChI is InChI=1S/C26H23N3O7S/c1-33-15-7-5-8-16(34-2)20(15)23(30)21-22(19-9-6-10-37-19)29(25(32)24(21)31)26-27-13-11-17(35-3)18(36-4)12-14(13)28-26/h5-12,22,30H,1-4H3,(H,27,28)/b23-21+. The van der Waals surface area contributed by atoms with E-state index in [1.165, 1.54) is 44.7 Å². The molecule has 0 saturated carbocycles. The van der Waals surface area contributed by atoms with Gasteiger partial charge in [-0.2, -0.15) is 0 Å². The topological polar surface area (TPSA) is 123 Å². The van der Waals surface area contributed by atoms with Crippen LogP contribution in [0.4, 0.5) is 5.95 Å². The Hall–Kier alpha value is -4.51. The molecule has 0 aliphatic carbocycles. The lowest BCUT2D eigenvalue weighted by molar-refractivity contribution is -0.132. The fourth-order valence-electron chi connectivity index (χ4n) is 4.42. The van der Waals surface area contributed by atoms with E-state index in [-0.39, 0.29) is 28.6 Å². The molecule has 11 heteroatoms. The van der Waals surface area contributed by atoms with Crippen LogP contribution in [-0.4, -0.2) is 55.2 Å². The number of Topliss-reactive ketones (excluding diaryl/α,β-unsaturated/α-hetero) is 1. The number of ketones is 1. The summed E-state index contributed by atoms with van der Waals surface area (Å²) in [7, 11) is 5.91. The van der Waals surface area contributed by atoms with Gasteiger partial charge in [0.2, 0.25) is 5.95 Å². The molecule has 2 aromatic heterocycles. The van der Waals surface area contributed by atoms with Crippen LogP contribution in [0.3, 0.4) is 0 Å². The number of hydrogen-bond donors (Lipinski definition) is 2. The Morgan fingerprint density at radius 2 is 1.59 bits per heavy atom. The van der Waals surface area contributed by atoms with Gasteiger partial charge in [0.1, 0.15) is 28.9 Å². The minimum atomic E-state index is -0.945. The molecule has 1 amide bonds. The van der Waals surface area contributed by atoms with Crippen molar-refractivity contribution in [3.63, 3.8) is 0 Å². The van der Waals surface area contributed by atoms with Crippen molar-refractivity contribution >= 4 is 45.8 Å². The normalized spacial score (nSPS) is 16.9. The second kappa shape index (κ2) is 9.51. The first-order valence-electron chi connectivity index (χ1n) is 11.1. The lowest BCUT2D eigenvalue weighted by Gasteiger charge is -2.22. The van der Waals surface area contributed by atoms with Crippen LogP contribution in [0.1, 0.15) is 16.5 Å². The Balaban J connectivity index is 1.73. The monoisotopic (exact) mass is 521 g/mol. The summed E-state index contributed by atoms with van der Waals surface area (Å²) in [5.74, 6) is -0.457. The number of ether oxygens (including phenoxy) is 4. The highest BCUT2D eigenvalue weighted by Gasteiger charge is 2.49. The molecule has 1 fully saturated rings. The van der Waals surface area contributed by atoms with E-state index in [0.29, 0.717) is 27.4 Å². The number of imidazole rings is 1. The first kappa shape index (κ1) is 24.2. The van der Waals surface area contributed by atoms with Crippen LogP contribution in [0.15, 0.2) is 53.4 Å². The van der Waals surface area contributed by atoms with Crippen molar-refractivity contribution in [2.24, 2.45) is 0 Å². The molecule has 0 bridgehead atoms. The largest absolute Gasteiger partial charge is 0.506 e. The number of aromatic nitrogens is 2. The number of rotatable bonds is 7. The number of nitrogens with one attached hydrogen (secondary N) is 1. The van der Waals surface area contributed by atoms with Gasteiger partial charge in [0.25, 0.3) is 5.78 Å². The third kappa shape index (κ3) is 3.84. The van der Waals surface area contributed by atoms with Gasteiger partial charge in [-0.05, 0) is 23.6 Å². The number of benzene rings is 2. The van der Waals surface area contributed by atoms with Gasteiger partial charge in [-0.3, -0.25) is 14.5 Å². The maximum atomic E-state index is 13.5. The zero-order chi connectivity index (χ0) is 26.3. The molecule has 1 unspecified atom stereocenters. The van der Waals surface area contributed by atoms with Crippen molar-refractivity contribution in [1.82, 2.24) is 9.97 Å². The molecule has 37 heavy (non-hydrogen) atoms. The van der Waals surface area contributed by atoms with Crippen molar-refractivity contribution in [2.75, 3.05) is 33.3 Å². The third-order valence-electron chi connectivity index (χ3n) is 6.12. The summed E-state index contributed by atoms with van der Waals surface area (Å²) in [6, 6.07) is 11.0. The number of anilines is 1. The summed E-state index contributed by atoms with van der Waals surface area (Å²) in [5.41, 5.74) is 1.15. The minimum absolute atomic E-state index is 0.106. The third-order valence-corrected chi connectivity index (χ3v) is 7.05. The molecule has 2 N–H and O–H groups in total. The number of carbonyl (C=O) groups is 2. The molecule has 4 aromatic rings. The molecule has 1 aliphatic rings. The van der Waals surface area contributed by atoms with E-state index in [0.717, 1.165) is 0 Å². The van der Waals surface area contributed by atoms with E-state index < -0.39 is 23.5 Å². The average molecular weight is 522 g/mol. The van der Waals surface area contributed by atoms with Gasteiger partial charge < -0.3 is 29.0 Å². The number of carbonyl (C=O) groups excluding carboxylic acids is 2. The first-order chi connectivity index (χ1) is 17.9. The number of methoxy groups -OCH3 is 4. The summed E-state index contributed by atoms with van der Waals surface area (Å²) in [4.78, 5) is 36.5. The fraction of sp³-hybridized carbons (Fsp3) is 0.192. The number of fused-ring (bicyclic) bond motifs is 1. The smallest absolute Gasteiger partial charge is 0.302 e. The lowest BCUT2D eigenvalue weighted by atomic mass is 9.98. The van der Waals surface area contributed by atoms with Crippen LogP contribution in [0.2, 0.25) is 0 Å². The van der Waals surface area contributed by atoms with Crippen LogP contribution in [0.25, 0.3) is 16.8 Å². The van der Waals surface area contributed by atoms with E-state index in [4.69, 9.17) is 18.9 Å². The van der Waals surface area contributed by atoms with Crippen LogP contribution >= 0.6 is 11.3 Å². The Morgan fingerprint density at radius 1 is 0.946 bits per heavy atom. The molecular weight excluding hydrogens is 498 g/mol. The van der Waals surface area contributed by atoms with Crippen molar-refractivity contribution in [3.05, 3.63) is 63.9 Å². The average Bonchev–Trinajstić information content (AvgIpc) is 3.65. The molecule has 10 nitrogen and oxygen atoms in total.